The molecular formula is C75H99N9O18. The average molecular weight is 1410 g/mol. The Labute approximate surface area is 592 Å². The van der Waals surface area contributed by atoms with Crippen molar-refractivity contribution in [2.24, 2.45) is 53.3 Å². The van der Waals surface area contributed by atoms with Gasteiger partial charge in [-0.2, -0.15) is 0 Å². The summed E-state index contributed by atoms with van der Waals surface area (Å²) >= 11 is 0. The lowest BCUT2D eigenvalue weighted by Gasteiger charge is -2.23. The minimum atomic E-state index is -0.978. The second-order valence-corrected chi connectivity index (χ2v) is 27.8. The first-order valence-corrected chi connectivity index (χ1v) is 34.9. The number of H-pyrrole nitrogens is 3. The van der Waals surface area contributed by atoms with E-state index in [-0.39, 0.29) is 91.3 Å². The van der Waals surface area contributed by atoms with E-state index in [0.717, 1.165) is 32.7 Å². The summed E-state index contributed by atoms with van der Waals surface area (Å²) in [6.07, 6.45) is 3.32. The Kier molecular flexibility index (Phi) is 29.6. The van der Waals surface area contributed by atoms with E-state index in [1.165, 1.54) is 0 Å². The van der Waals surface area contributed by atoms with Crippen LogP contribution >= 0.6 is 0 Å². The SMILES string of the molecule is COc1cccc2[nH]c(C(=O)C[C@@H](CC(C)C)C(=O)N[C@@H](C[C@@H]3CCNC3=O)C(=O)CO)cc12.COc1cccc2[nH]c(C(=O)C[C@@H](CC(C)C)C(=O)N[C@@H](C[C@@H]3CCNC3=O)C(=O)CO)cc12.COc1cccc2[nH]c(C(=O)C[C@H](CC(C)C)C(=O)N[C@@H](C[C@@H]3CCNC3=O)C(=O)CO)cc12. The number of fused-ring (bicyclic) bond motifs is 3. The zero-order valence-corrected chi connectivity index (χ0v) is 59.5. The van der Waals surface area contributed by atoms with Crippen molar-refractivity contribution in [2.75, 3.05) is 60.8 Å². The summed E-state index contributed by atoms with van der Waals surface area (Å²) in [6.45, 7) is 11.1. The molecule has 27 nitrogen and oxygen atoms in total. The summed E-state index contributed by atoms with van der Waals surface area (Å²) in [7, 11) is 4.68. The van der Waals surface area contributed by atoms with E-state index in [1.807, 2.05) is 96.1 Å². The predicted octanol–water partition coefficient (Wildman–Crippen LogP) is 5.95. The van der Waals surface area contributed by atoms with Gasteiger partial charge in [0.25, 0.3) is 0 Å². The van der Waals surface area contributed by atoms with Gasteiger partial charge in [-0.05, 0) is 130 Å². The topological polar surface area (TPSA) is 413 Å². The normalized spacial score (nSPS) is 17.4. The van der Waals surface area contributed by atoms with E-state index in [9.17, 15) is 72.9 Å². The molecule has 3 aliphatic rings. The number of carbonyl (C=O) groups is 12. The number of aliphatic hydroxyl groups excluding tert-OH is 3. The Hall–Kier alpha value is -9.60. The number of aliphatic hydroxyl groups is 3. The molecule has 0 spiro atoms. The highest BCUT2D eigenvalue weighted by molar-refractivity contribution is 6.05. The van der Waals surface area contributed by atoms with E-state index in [4.69, 9.17) is 14.2 Å². The Morgan fingerprint density at radius 3 is 0.882 bits per heavy atom. The molecule has 9 rings (SSSR count). The van der Waals surface area contributed by atoms with Crippen LogP contribution in [0.1, 0.15) is 150 Å². The number of methoxy groups -OCH3 is 3. The van der Waals surface area contributed by atoms with Gasteiger partial charge in [-0.25, -0.2) is 0 Å². The van der Waals surface area contributed by atoms with Crippen LogP contribution in [0.4, 0.5) is 0 Å². The molecule has 12 N–H and O–H groups in total. The summed E-state index contributed by atoms with van der Waals surface area (Å²) in [5.41, 5.74) is 3.42. The molecular weight excluding hydrogens is 1310 g/mol. The van der Waals surface area contributed by atoms with Crippen molar-refractivity contribution in [1.82, 2.24) is 46.9 Å². The van der Waals surface area contributed by atoms with Gasteiger partial charge in [-0.3, -0.25) is 57.5 Å². The van der Waals surface area contributed by atoms with Crippen molar-refractivity contribution in [3.63, 3.8) is 0 Å². The van der Waals surface area contributed by atoms with Crippen molar-refractivity contribution in [1.29, 1.82) is 0 Å². The number of amides is 6. The minimum Gasteiger partial charge on any atom is -0.496 e. The number of aromatic amines is 3. The van der Waals surface area contributed by atoms with E-state index in [0.29, 0.717) is 92.5 Å². The average Bonchev–Trinajstić information content (AvgIpc) is 1.67. The lowest BCUT2D eigenvalue weighted by molar-refractivity contribution is -0.132. The molecule has 3 saturated heterocycles. The molecule has 0 bridgehead atoms. The van der Waals surface area contributed by atoms with E-state index in [2.05, 4.69) is 46.9 Å². The van der Waals surface area contributed by atoms with Crippen molar-refractivity contribution < 1.29 is 87.1 Å². The van der Waals surface area contributed by atoms with Crippen LogP contribution in [-0.2, 0) is 43.2 Å². The van der Waals surface area contributed by atoms with Gasteiger partial charge in [0, 0.05) is 107 Å². The molecule has 3 aromatic heterocycles. The highest BCUT2D eigenvalue weighted by Gasteiger charge is 2.37. The third-order valence-corrected chi connectivity index (χ3v) is 18.7. The summed E-state index contributed by atoms with van der Waals surface area (Å²) in [4.78, 5) is 161. The molecule has 0 radical (unpaired) electrons. The molecule has 102 heavy (non-hydrogen) atoms. The summed E-state index contributed by atoms with van der Waals surface area (Å²) in [6, 6.07) is 18.7. The predicted molar refractivity (Wildman–Crippen MR) is 380 cm³/mol. The van der Waals surface area contributed by atoms with Crippen LogP contribution in [0.15, 0.2) is 72.8 Å². The molecule has 6 amide bonds. The number of rotatable bonds is 36. The van der Waals surface area contributed by atoms with Crippen LogP contribution in [0.5, 0.6) is 17.2 Å². The fourth-order valence-electron chi connectivity index (χ4n) is 13.4. The first-order chi connectivity index (χ1) is 48.7. The second kappa shape index (κ2) is 37.9. The Morgan fingerprint density at radius 2 is 0.676 bits per heavy atom. The fraction of sp³-hybridized carbons (Fsp3) is 0.520. The number of nitrogens with one attached hydrogen (secondary N) is 9. The van der Waals surface area contributed by atoms with Gasteiger partial charge >= 0.3 is 0 Å². The maximum Gasteiger partial charge on any atom is 0.224 e. The molecule has 0 unspecified atom stereocenters. The fourth-order valence-corrected chi connectivity index (χ4v) is 13.4. The first kappa shape index (κ1) is 79.7. The van der Waals surface area contributed by atoms with Gasteiger partial charge in [0.05, 0.1) is 56.5 Å². The Bertz CT molecular complexity index is 3580. The number of hydrogen-bond acceptors (Lipinski definition) is 18. The number of ether oxygens (including phenoxy) is 3. The molecule has 3 aromatic carbocycles. The standard InChI is InChI=1S/3C25H33N3O6/c3*1-14(2)9-16(11-21(30)20-12-17-18(27-20)5-4-6-23(17)34-3)25(33)28-19(22(31)13-29)10-15-7-8-26-24(15)32/h3*4-6,12,14-16,19,27,29H,7-11,13H2,1-3H3,(H,26,32)(H,28,33)/t2*15-,16+,19-;15-,16-,19-/m000/s1. The van der Waals surface area contributed by atoms with E-state index < -0.39 is 109 Å². The minimum absolute atomic E-state index is 0.0386. The maximum atomic E-state index is 13.2. The third-order valence-electron chi connectivity index (χ3n) is 18.7. The summed E-state index contributed by atoms with van der Waals surface area (Å²) in [5, 5.41) is 46.8. The molecule has 27 heteroatoms. The molecule has 9 atom stereocenters. The van der Waals surface area contributed by atoms with E-state index in [1.54, 1.807) is 39.5 Å². The molecule has 6 heterocycles. The lowest BCUT2D eigenvalue weighted by atomic mass is 9.89. The summed E-state index contributed by atoms with van der Waals surface area (Å²) < 4.78 is 16.1. The summed E-state index contributed by atoms with van der Waals surface area (Å²) in [5.74, 6) is -4.91. The van der Waals surface area contributed by atoms with Crippen molar-refractivity contribution in [3.05, 3.63) is 89.9 Å². The van der Waals surface area contributed by atoms with Crippen molar-refractivity contribution in [2.45, 2.75) is 137 Å². The van der Waals surface area contributed by atoms with Gasteiger partial charge < -0.3 is 76.4 Å². The van der Waals surface area contributed by atoms with Gasteiger partial charge in [-0.1, -0.05) is 59.7 Å². The largest absolute Gasteiger partial charge is 0.496 e. The molecule has 3 fully saturated rings. The molecule has 6 aromatic rings. The number of carbonyl (C=O) groups excluding carboxylic acids is 12. The first-order valence-electron chi connectivity index (χ1n) is 34.9. The zero-order valence-electron chi connectivity index (χ0n) is 59.5. The molecule has 552 valence electrons. The molecule has 0 saturated carbocycles. The highest BCUT2D eigenvalue weighted by Crippen LogP contribution is 2.32. The van der Waals surface area contributed by atoms with Crippen LogP contribution in [-0.4, -0.2) is 179 Å². The van der Waals surface area contributed by atoms with Crippen LogP contribution in [0.25, 0.3) is 32.7 Å². The second-order valence-electron chi connectivity index (χ2n) is 27.8. The van der Waals surface area contributed by atoms with Gasteiger partial charge in [0.15, 0.2) is 34.7 Å². The lowest BCUT2D eigenvalue weighted by Crippen LogP contribution is -2.46. The van der Waals surface area contributed by atoms with Gasteiger partial charge in [0.1, 0.15) is 37.1 Å². The third kappa shape index (κ3) is 21.7. The monoisotopic (exact) mass is 1410 g/mol. The Morgan fingerprint density at radius 1 is 0.422 bits per heavy atom. The van der Waals surface area contributed by atoms with Crippen LogP contribution in [0.3, 0.4) is 0 Å². The molecule has 3 aliphatic heterocycles. The van der Waals surface area contributed by atoms with Gasteiger partial charge in [0.2, 0.25) is 35.4 Å². The quantitative estimate of drug-likeness (QED) is 0.0202. The maximum absolute atomic E-state index is 13.2. The van der Waals surface area contributed by atoms with Crippen LogP contribution in [0.2, 0.25) is 0 Å². The zero-order chi connectivity index (χ0) is 74.5. The van der Waals surface area contributed by atoms with Crippen molar-refractivity contribution in [3.8, 4) is 17.2 Å². The smallest absolute Gasteiger partial charge is 0.224 e. The number of ketones is 6. The number of aromatic nitrogens is 3. The van der Waals surface area contributed by atoms with Crippen LogP contribution in [0, 0.1) is 53.3 Å². The highest BCUT2D eigenvalue weighted by atomic mass is 16.5. The Balaban J connectivity index is 0.000000214. The van der Waals surface area contributed by atoms with Gasteiger partial charge in [-0.15, -0.1) is 0 Å². The number of benzene rings is 3. The number of Topliss-reactive ketones (excluding diaryl/α,β-unsaturated/α-hetero) is 6. The van der Waals surface area contributed by atoms with E-state index >= 15 is 0 Å². The van der Waals surface area contributed by atoms with Crippen LogP contribution < -0.4 is 46.1 Å². The number of hydrogen-bond donors (Lipinski definition) is 12. The molecule has 0 aliphatic carbocycles. The van der Waals surface area contributed by atoms with Crippen molar-refractivity contribution >= 4 is 103 Å².